The van der Waals surface area contributed by atoms with E-state index in [0.29, 0.717) is 5.69 Å². The Hall–Kier alpha value is -3.35. The van der Waals surface area contributed by atoms with Crippen LogP contribution in [0.25, 0.3) is 0 Å². The lowest BCUT2D eigenvalue weighted by Gasteiger charge is -2.18. The number of nitrogens with two attached hydrogens (primary N) is 1. The van der Waals surface area contributed by atoms with Crippen molar-refractivity contribution in [1.82, 2.24) is 5.32 Å². The van der Waals surface area contributed by atoms with Gasteiger partial charge in [-0.1, -0.05) is 42.5 Å². The SMILES string of the molecule is Cc1cccc(NC(=O)[C@@H](CCC(N)=O)NC(=O)OCc2ccccc2)c1. The van der Waals surface area contributed by atoms with E-state index in [4.69, 9.17) is 10.5 Å². The summed E-state index contributed by atoms with van der Waals surface area (Å²) in [5.74, 6) is -0.999. The highest BCUT2D eigenvalue weighted by Gasteiger charge is 2.22. The molecule has 27 heavy (non-hydrogen) atoms. The lowest BCUT2D eigenvalue weighted by molar-refractivity contribution is -0.119. The average Bonchev–Trinajstić information content (AvgIpc) is 2.64. The van der Waals surface area contributed by atoms with Gasteiger partial charge in [-0.25, -0.2) is 4.79 Å². The molecule has 2 aromatic carbocycles. The van der Waals surface area contributed by atoms with Crippen molar-refractivity contribution in [2.75, 3.05) is 5.32 Å². The van der Waals surface area contributed by atoms with Crippen LogP contribution >= 0.6 is 0 Å². The van der Waals surface area contributed by atoms with Gasteiger partial charge in [0.25, 0.3) is 0 Å². The number of rotatable bonds is 8. The molecule has 0 aliphatic carbocycles. The maximum absolute atomic E-state index is 12.5. The van der Waals surface area contributed by atoms with Crippen LogP contribution in [0.5, 0.6) is 0 Å². The molecule has 0 unspecified atom stereocenters. The summed E-state index contributed by atoms with van der Waals surface area (Å²) in [6, 6.07) is 15.5. The Bertz CT molecular complexity index is 793. The summed E-state index contributed by atoms with van der Waals surface area (Å²) < 4.78 is 5.14. The standard InChI is InChI=1S/C20H23N3O4/c1-14-6-5-9-16(12-14)22-19(25)17(10-11-18(21)24)23-20(26)27-13-15-7-3-2-4-8-15/h2-9,12,17H,10-11,13H2,1H3,(H2,21,24)(H,22,25)(H,23,26)/t17-/m1/s1. The highest BCUT2D eigenvalue weighted by Crippen LogP contribution is 2.11. The van der Waals surface area contributed by atoms with Gasteiger partial charge >= 0.3 is 6.09 Å². The first kappa shape index (κ1) is 20.0. The number of carbonyl (C=O) groups excluding carboxylic acids is 3. The van der Waals surface area contributed by atoms with Gasteiger partial charge in [-0.05, 0) is 36.6 Å². The van der Waals surface area contributed by atoms with Crippen LogP contribution in [0.1, 0.15) is 24.0 Å². The van der Waals surface area contributed by atoms with E-state index in [2.05, 4.69) is 10.6 Å². The number of anilines is 1. The molecule has 0 bridgehead atoms. The Morgan fingerprint density at radius 3 is 2.48 bits per heavy atom. The van der Waals surface area contributed by atoms with Crippen molar-refractivity contribution in [3.05, 3.63) is 65.7 Å². The van der Waals surface area contributed by atoms with Crippen LogP contribution in [0.4, 0.5) is 10.5 Å². The van der Waals surface area contributed by atoms with Gasteiger partial charge in [-0.3, -0.25) is 9.59 Å². The second-order valence-corrected chi connectivity index (χ2v) is 6.12. The zero-order valence-corrected chi connectivity index (χ0v) is 15.1. The molecule has 142 valence electrons. The van der Waals surface area contributed by atoms with Crippen molar-refractivity contribution in [3.63, 3.8) is 0 Å². The zero-order chi connectivity index (χ0) is 19.6. The van der Waals surface area contributed by atoms with Crippen LogP contribution < -0.4 is 16.4 Å². The molecule has 3 amide bonds. The molecule has 0 aliphatic rings. The summed E-state index contributed by atoms with van der Waals surface area (Å²) in [6.07, 6.45) is -0.703. The monoisotopic (exact) mass is 369 g/mol. The highest BCUT2D eigenvalue weighted by molar-refractivity contribution is 5.96. The quantitative estimate of drug-likeness (QED) is 0.664. The summed E-state index contributed by atoms with van der Waals surface area (Å²) in [5.41, 5.74) is 7.57. The minimum Gasteiger partial charge on any atom is -0.445 e. The molecule has 2 aromatic rings. The smallest absolute Gasteiger partial charge is 0.408 e. The number of aryl methyl sites for hydroxylation is 1. The van der Waals surface area contributed by atoms with Crippen molar-refractivity contribution in [2.45, 2.75) is 32.4 Å². The number of primary amides is 1. The van der Waals surface area contributed by atoms with E-state index in [1.807, 2.05) is 49.4 Å². The number of hydrogen-bond donors (Lipinski definition) is 3. The first-order chi connectivity index (χ1) is 12.9. The fraction of sp³-hybridized carbons (Fsp3) is 0.250. The van der Waals surface area contributed by atoms with Gasteiger partial charge < -0.3 is 21.1 Å². The van der Waals surface area contributed by atoms with Gasteiger partial charge in [0.05, 0.1) is 0 Å². The van der Waals surface area contributed by atoms with Gasteiger partial charge in [-0.15, -0.1) is 0 Å². The normalized spacial score (nSPS) is 11.3. The first-order valence-electron chi connectivity index (χ1n) is 8.57. The van der Waals surface area contributed by atoms with E-state index in [1.54, 1.807) is 12.1 Å². The van der Waals surface area contributed by atoms with Crippen LogP contribution in [0.15, 0.2) is 54.6 Å². The summed E-state index contributed by atoms with van der Waals surface area (Å²) >= 11 is 0. The molecule has 0 saturated heterocycles. The van der Waals surface area contributed by atoms with E-state index in [1.165, 1.54) is 0 Å². The third kappa shape index (κ3) is 7.19. The predicted molar refractivity (Wildman–Crippen MR) is 102 cm³/mol. The van der Waals surface area contributed by atoms with E-state index in [-0.39, 0.29) is 19.4 Å². The molecule has 0 fully saturated rings. The number of nitrogens with one attached hydrogen (secondary N) is 2. The van der Waals surface area contributed by atoms with Gasteiger partial charge in [0.2, 0.25) is 11.8 Å². The van der Waals surface area contributed by atoms with Gasteiger partial charge in [-0.2, -0.15) is 0 Å². The molecule has 0 radical (unpaired) electrons. The Balaban J connectivity index is 1.96. The van der Waals surface area contributed by atoms with Crippen molar-refractivity contribution in [3.8, 4) is 0 Å². The van der Waals surface area contributed by atoms with E-state index >= 15 is 0 Å². The summed E-state index contributed by atoms with van der Waals surface area (Å²) in [4.78, 5) is 35.6. The molecule has 0 saturated carbocycles. The van der Waals surface area contributed by atoms with Gasteiger partial charge in [0, 0.05) is 12.1 Å². The molecule has 2 rings (SSSR count). The highest BCUT2D eigenvalue weighted by atomic mass is 16.5. The minimum absolute atomic E-state index is 0.0368. The van der Waals surface area contributed by atoms with E-state index in [9.17, 15) is 14.4 Å². The maximum Gasteiger partial charge on any atom is 0.408 e. The summed E-state index contributed by atoms with van der Waals surface area (Å²) in [5, 5.41) is 5.22. The van der Waals surface area contributed by atoms with Crippen LogP contribution in [0, 0.1) is 6.92 Å². The lowest BCUT2D eigenvalue weighted by atomic mass is 10.1. The van der Waals surface area contributed by atoms with Crippen LogP contribution in [-0.4, -0.2) is 23.9 Å². The fourth-order valence-electron chi connectivity index (χ4n) is 2.41. The molecule has 0 spiro atoms. The molecular weight excluding hydrogens is 346 g/mol. The van der Waals surface area contributed by atoms with Crippen molar-refractivity contribution >= 4 is 23.6 Å². The summed E-state index contributed by atoms with van der Waals surface area (Å²) in [6.45, 7) is 1.98. The van der Waals surface area contributed by atoms with Crippen molar-refractivity contribution in [1.29, 1.82) is 0 Å². The number of ether oxygens (including phenoxy) is 1. The Morgan fingerprint density at radius 2 is 1.81 bits per heavy atom. The Kier molecular flexibility index (Phi) is 7.37. The van der Waals surface area contributed by atoms with E-state index in [0.717, 1.165) is 11.1 Å². The summed E-state index contributed by atoms with van der Waals surface area (Å²) in [7, 11) is 0. The number of benzene rings is 2. The van der Waals surface area contributed by atoms with Crippen LogP contribution in [0.3, 0.4) is 0 Å². The fourth-order valence-corrected chi connectivity index (χ4v) is 2.41. The number of amides is 3. The molecule has 0 aromatic heterocycles. The number of alkyl carbamates (subject to hydrolysis) is 1. The first-order valence-corrected chi connectivity index (χ1v) is 8.57. The van der Waals surface area contributed by atoms with E-state index < -0.39 is 23.9 Å². The predicted octanol–water partition coefficient (Wildman–Crippen LogP) is 2.49. The second kappa shape index (κ2) is 9.96. The van der Waals surface area contributed by atoms with Crippen molar-refractivity contribution in [2.24, 2.45) is 5.73 Å². The second-order valence-electron chi connectivity index (χ2n) is 6.12. The number of carbonyl (C=O) groups is 3. The third-order valence-corrected chi connectivity index (χ3v) is 3.79. The topological polar surface area (TPSA) is 111 Å². The molecule has 4 N–H and O–H groups in total. The van der Waals surface area contributed by atoms with Crippen molar-refractivity contribution < 1.29 is 19.1 Å². The maximum atomic E-state index is 12.5. The molecule has 0 heterocycles. The molecule has 7 nitrogen and oxygen atoms in total. The van der Waals surface area contributed by atoms with Crippen LogP contribution in [0.2, 0.25) is 0 Å². The Morgan fingerprint density at radius 1 is 1.07 bits per heavy atom. The molecule has 7 heteroatoms. The average molecular weight is 369 g/mol. The lowest BCUT2D eigenvalue weighted by Crippen LogP contribution is -2.44. The Labute approximate surface area is 157 Å². The zero-order valence-electron chi connectivity index (χ0n) is 15.1. The minimum atomic E-state index is -0.943. The van der Waals surface area contributed by atoms with Gasteiger partial charge in [0.1, 0.15) is 12.6 Å². The largest absolute Gasteiger partial charge is 0.445 e. The molecular formula is C20H23N3O4. The molecule has 0 aliphatic heterocycles. The molecule has 1 atom stereocenters. The number of hydrogen-bond acceptors (Lipinski definition) is 4. The third-order valence-electron chi connectivity index (χ3n) is 3.79. The van der Waals surface area contributed by atoms with Gasteiger partial charge in [0.15, 0.2) is 0 Å². The van der Waals surface area contributed by atoms with Crippen LogP contribution in [-0.2, 0) is 20.9 Å².